The summed E-state index contributed by atoms with van der Waals surface area (Å²) in [6.45, 7) is 13.7. The van der Waals surface area contributed by atoms with Crippen LogP contribution in [0, 0.1) is 5.92 Å². The minimum atomic E-state index is -0.434. The number of rotatable bonds is 7. The molecule has 0 saturated heterocycles. The van der Waals surface area contributed by atoms with E-state index in [0.29, 0.717) is 12.5 Å². The van der Waals surface area contributed by atoms with E-state index < -0.39 is 5.60 Å². The molecule has 4 nitrogen and oxygen atoms in total. The fourth-order valence-corrected chi connectivity index (χ4v) is 1.62. The van der Waals surface area contributed by atoms with Crippen LogP contribution < -0.4 is 10.6 Å². The SMILES string of the molecule is CCCC(C)CNC(C)CNC(=O)OC(C)(C)C. The molecule has 1 amide bonds. The second-order valence-electron chi connectivity index (χ2n) is 6.09. The molecule has 2 N–H and O–H groups in total. The van der Waals surface area contributed by atoms with Crippen molar-refractivity contribution in [2.45, 2.75) is 66.0 Å². The Bertz CT molecular complexity index is 236. The standard InChI is InChI=1S/C14H30N2O2/c1-7-8-11(2)9-15-12(3)10-16-13(17)18-14(4,5)6/h11-12,15H,7-10H2,1-6H3,(H,16,17). The highest BCUT2D eigenvalue weighted by atomic mass is 16.6. The van der Waals surface area contributed by atoms with Gasteiger partial charge in [-0.25, -0.2) is 4.79 Å². The lowest BCUT2D eigenvalue weighted by atomic mass is 10.1. The summed E-state index contributed by atoms with van der Waals surface area (Å²) in [5, 5.41) is 6.19. The highest BCUT2D eigenvalue weighted by Gasteiger charge is 2.16. The van der Waals surface area contributed by atoms with Crippen molar-refractivity contribution in [1.29, 1.82) is 0 Å². The summed E-state index contributed by atoms with van der Waals surface area (Å²) in [6.07, 6.45) is 2.10. The van der Waals surface area contributed by atoms with E-state index in [4.69, 9.17) is 4.74 Å². The van der Waals surface area contributed by atoms with Crippen molar-refractivity contribution >= 4 is 6.09 Å². The molecule has 0 aliphatic rings. The van der Waals surface area contributed by atoms with E-state index in [0.717, 1.165) is 6.54 Å². The van der Waals surface area contributed by atoms with Crippen molar-refractivity contribution in [2.75, 3.05) is 13.1 Å². The van der Waals surface area contributed by atoms with Crippen molar-refractivity contribution in [3.63, 3.8) is 0 Å². The lowest BCUT2D eigenvalue weighted by molar-refractivity contribution is 0.0523. The summed E-state index contributed by atoms with van der Waals surface area (Å²) < 4.78 is 5.17. The van der Waals surface area contributed by atoms with Gasteiger partial charge in [-0.2, -0.15) is 0 Å². The van der Waals surface area contributed by atoms with Crippen molar-refractivity contribution in [3.8, 4) is 0 Å². The Kier molecular flexibility index (Phi) is 8.00. The Labute approximate surface area is 112 Å². The Morgan fingerprint density at radius 1 is 1.22 bits per heavy atom. The van der Waals surface area contributed by atoms with Gasteiger partial charge in [0.2, 0.25) is 0 Å². The van der Waals surface area contributed by atoms with Crippen LogP contribution in [0.2, 0.25) is 0 Å². The topological polar surface area (TPSA) is 50.4 Å². The molecule has 0 radical (unpaired) electrons. The first-order chi connectivity index (χ1) is 8.24. The number of carbonyl (C=O) groups excluding carboxylic acids is 1. The molecular weight excluding hydrogens is 228 g/mol. The molecule has 2 atom stereocenters. The maximum atomic E-state index is 11.4. The molecule has 0 fully saturated rings. The molecule has 4 heteroatoms. The van der Waals surface area contributed by atoms with Crippen LogP contribution in [0.15, 0.2) is 0 Å². The first-order valence-electron chi connectivity index (χ1n) is 6.94. The highest BCUT2D eigenvalue weighted by molar-refractivity contribution is 5.67. The lowest BCUT2D eigenvalue weighted by Gasteiger charge is -2.21. The number of nitrogens with one attached hydrogen (secondary N) is 2. The number of amides is 1. The van der Waals surface area contributed by atoms with Crippen LogP contribution in [-0.4, -0.2) is 30.8 Å². The number of ether oxygens (including phenoxy) is 1. The van der Waals surface area contributed by atoms with Gasteiger partial charge in [-0.05, 0) is 46.6 Å². The second kappa shape index (κ2) is 8.35. The molecule has 18 heavy (non-hydrogen) atoms. The molecule has 0 spiro atoms. The molecule has 0 aliphatic carbocycles. The summed E-state index contributed by atoms with van der Waals surface area (Å²) in [7, 11) is 0. The number of carbonyl (C=O) groups is 1. The summed E-state index contributed by atoms with van der Waals surface area (Å²) in [4.78, 5) is 11.4. The molecular formula is C14H30N2O2. The van der Waals surface area contributed by atoms with E-state index in [1.807, 2.05) is 20.8 Å². The van der Waals surface area contributed by atoms with E-state index in [1.54, 1.807) is 0 Å². The van der Waals surface area contributed by atoms with Crippen LogP contribution in [-0.2, 0) is 4.74 Å². The molecule has 0 bridgehead atoms. The Hall–Kier alpha value is -0.770. The molecule has 0 saturated carbocycles. The van der Waals surface area contributed by atoms with Gasteiger partial charge in [-0.3, -0.25) is 0 Å². The van der Waals surface area contributed by atoms with Crippen LogP contribution in [0.5, 0.6) is 0 Å². The van der Waals surface area contributed by atoms with E-state index in [-0.39, 0.29) is 12.1 Å². The number of hydrogen-bond donors (Lipinski definition) is 2. The smallest absolute Gasteiger partial charge is 0.407 e. The van der Waals surface area contributed by atoms with Gasteiger partial charge in [0.25, 0.3) is 0 Å². The van der Waals surface area contributed by atoms with Gasteiger partial charge in [-0.1, -0.05) is 20.3 Å². The lowest BCUT2D eigenvalue weighted by Crippen LogP contribution is -2.42. The molecule has 108 valence electrons. The monoisotopic (exact) mass is 258 g/mol. The Morgan fingerprint density at radius 3 is 2.33 bits per heavy atom. The van der Waals surface area contributed by atoms with Crippen LogP contribution in [0.4, 0.5) is 4.79 Å². The van der Waals surface area contributed by atoms with Gasteiger partial charge < -0.3 is 15.4 Å². The Balaban J connectivity index is 3.70. The first kappa shape index (κ1) is 17.2. The largest absolute Gasteiger partial charge is 0.444 e. The molecule has 0 aromatic heterocycles. The number of hydrogen-bond acceptors (Lipinski definition) is 3. The predicted molar refractivity (Wildman–Crippen MR) is 75.8 cm³/mol. The fourth-order valence-electron chi connectivity index (χ4n) is 1.62. The average Bonchev–Trinajstić information content (AvgIpc) is 2.21. The van der Waals surface area contributed by atoms with Crippen LogP contribution in [0.1, 0.15) is 54.4 Å². The minimum Gasteiger partial charge on any atom is -0.444 e. The first-order valence-corrected chi connectivity index (χ1v) is 6.94. The predicted octanol–water partition coefficient (Wildman–Crippen LogP) is 2.93. The van der Waals surface area contributed by atoms with Crippen molar-refractivity contribution < 1.29 is 9.53 Å². The highest BCUT2D eigenvalue weighted by Crippen LogP contribution is 2.06. The minimum absolute atomic E-state index is 0.261. The maximum Gasteiger partial charge on any atom is 0.407 e. The molecule has 0 aliphatic heterocycles. The molecule has 2 unspecified atom stereocenters. The molecule has 0 aromatic carbocycles. The zero-order chi connectivity index (χ0) is 14.2. The zero-order valence-corrected chi connectivity index (χ0v) is 12.8. The van der Waals surface area contributed by atoms with Crippen molar-refractivity contribution in [1.82, 2.24) is 10.6 Å². The second-order valence-corrected chi connectivity index (χ2v) is 6.09. The number of alkyl carbamates (subject to hydrolysis) is 1. The summed E-state index contributed by atoms with van der Waals surface area (Å²) in [5.74, 6) is 0.680. The van der Waals surface area contributed by atoms with E-state index in [9.17, 15) is 4.79 Å². The third-order valence-electron chi connectivity index (χ3n) is 2.55. The molecule has 0 rings (SSSR count). The van der Waals surface area contributed by atoms with Gasteiger partial charge in [0.05, 0.1) is 0 Å². The molecule has 0 aromatic rings. The summed E-state index contributed by atoms with van der Waals surface area (Å²) in [6, 6.07) is 0.261. The van der Waals surface area contributed by atoms with Gasteiger partial charge in [-0.15, -0.1) is 0 Å². The third-order valence-corrected chi connectivity index (χ3v) is 2.55. The zero-order valence-electron chi connectivity index (χ0n) is 12.8. The van der Waals surface area contributed by atoms with E-state index in [1.165, 1.54) is 12.8 Å². The quantitative estimate of drug-likeness (QED) is 0.738. The van der Waals surface area contributed by atoms with Gasteiger partial charge >= 0.3 is 6.09 Å². The van der Waals surface area contributed by atoms with Crippen LogP contribution in [0.25, 0.3) is 0 Å². The normalized spacial score (nSPS) is 15.0. The molecule has 0 heterocycles. The van der Waals surface area contributed by atoms with Gasteiger partial charge in [0.15, 0.2) is 0 Å². The van der Waals surface area contributed by atoms with Crippen LogP contribution >= 0.6 is 0 Å². The maximum absolute atomic E-state index is 11.4. The van der Waals surface area contributed by atoms with Crippen LogP contribution in [0.3, 0.4) is 0 Å². The average molecular weight is 258 g/mol. The van der Waals surface area contributed by atoms with Crippen molar-refractivity contribution in [3.05, 3.63) is 0 Å². The van der Waals surface area contributed by atoms with E-state index in [2.05, 4.69) is 31.4 Å². The summed E-state index contributed by atoms with van der Waals surface area (Å²) in [5.41, 5.74) is -0.434. The van der Waals surface area contributed by atoms with Gasteiger partial charge in [0.1, 0.15) is 5.60 Å². The van der Waals surface area contributed by atoms with Crippen molar-refractivity contribution in [2.24, 2.45) is 5.92 Å². The summed E-state index contributed by atoms with van der Waals surface area (Å²) >= 11 is 0. The Morgan fingerprint density at radius 2 is 1.83 bits per heavy atom. The van der Waals surface area contributed by atoms with E-state index >= 15 is 0 Å². The third kappa shape index (κ3) is 10.4. The van der Waals surface area contributed by atoms with Gasteiger partial charge in [0, 0.05) is 12.6 Å². The fraction of sp³-hybridized carbons (Fsp3) is 0.929.